The molecule has 0 aliphatic rings. The van der Waals surface area contributed by atoms with Crippen molar-refractivity contribution in [1.82, 2.24) is 4.98 Å². The number of rotatable bonds is 7. The SMILES string of the molecule is COc1cc(NC(=O)c2cncc(Nc3cccc(C)c3)c2)cc(OC)c1OC. The first kappa shape index (κ1) is 20.0. The molecule has 150 valence electrons. The highest BCUT2D eigenvalue weighted by Gasteiger charge is 2.15. The molecular formula is C22H23N3O4. The number of amides is 1. The van der Waals surface area contributed by atoms with Crippen molar-refractivity contribution in [3.05, 3.63) is 66.0 Å². The second kappa shape index (κ2) is 8.97. The molecule has 0 saturated carbocycles. The van der Waals surface area contributed by atoms with E-state index in [1.165, 1.54) is 27.5 Å². The summed E-state index contributed by atoms with van der Waals surface area (Å²) in [5.74, 6) is 1.06. The van der Waals surface area contributed by atoms with Crippen molar-refractivity contribution in [2.45, 2.75) is 6.92 Å². The van der Waals surface area contributed by atoms with Gasteiger partial charge in [-0.15, -0.1) is 0 Å². The number of methoxy groups -OCH3 is 3. The molecule has 0 aliphatic heterocycles. The van der Waals surface area contributed by atoms with Crippen LogP contribution in [0, 0.1) is 6.92 Å². The molecule has 0 unspecified atom stereocenters. The lowest BCUT2D eigenvalue weighted by Crippen LogP contribution is -2.13. The van der Waals surface area contributed by atoms with E-state index in [9.17, 15) is 4.79 Å². The highest BCUT2D eigenvalue weighted by molar-refractivity contribution is 6.05. The lowest BCUT2D eigenvalue weighted by molar-refractivity contribution is 0.102. The third-order valence-electron chi connectivity index (χ3n) is 4.23. The number of benzene rings is 2. The molecule has 0 fully saturated rings. The first-order valence-electron chi connectivity index (χ1n) is 8.94. The fraction of sp³-hybridized carbons (Fsp3) is 0.182. The van der Waals surface area contributed by atoms with Gasteiger partial charge in [0, 0.05) is 29.7 Å². The molecule has 1 amide bonds. The Labute approximate surface area is 169 Å². The molecule has 7 nitrogen and oxygen atoms in total. The van der Waals surface area contributed by atoms with Crippen LogP contribution >= 0.6 is 0 Å². The van der Waals surface area contributed by atoms with E-state index in [4.69, 9.17) is 14.2 Å². The summed E-state index contributed by atoms with van der Waals surface area (Å²) in [4.78, 5) is 16.9. The fourth-order valence-corrected chi connectivity index (χ4v) is 2.88. The summed E-state index contributed by atoms with van der Waals surface area (Å²) in [5.41, 5.74) is 3.71. The molecule has 1 aromatic heterocycles. The zero-order valence-corrected chi connectivity index (χ0v) is 16.8. The molecule has 0 saturated heterocycles. The van der Waals surface area contributed by atoms with Crippen LogP contribution < -0.4 is 24.8 Å². The molecule has 1 heterocycles. The summed E-state index contributed by atoms with van der Waals surface area (Å²) in [6.45, 7) is 2.02. The number of hydrogen-bond donors (Lipinski definition) is 2. The van der Waals surface area contributed by atoms with Crippen molar-refractivity contribution < 1.29 is 19.0 Å². The zero-order chi connectivity index (χ0) is 20.8. The average Bonchev–Trinajstić information content (AvgIpc) is 2.73. The van der Waals surface area contributed by atoms with Crippen molar-refractivity contribution in [2.24, 2.45) is 0 Å². The third-order valence-corrected chi connectivity index (χ3v) is 4.23. The summed E-state index contributed by atoms with van der Waals surface area (Å²) >= 11 is 0. The van der Waals surface area contributed by atoms with Gasteiger partial charge < -0.3 is 24.8 Å². The molecule has 2 aromatic carbocycles. The normalized spacial score (nSPS) is 10.2. The van der Waals surface area contributed by atoms with Gasteiger partial charge in [0.1, 0.15) is 0 Å². The molecule has 0 bridgehead atoms. The van der Waals surface area contributed by atoms with E-state index in [1.54, 1.807) is 24.4 Å². The van der Waals surface area contributed by atoms with Gasteiger partial charge in [-0.05, 0) is 30.7 Å². The number of aryl methyl sites for hydroxylation is 1. The van der Waals surface area contributed by atoms with Gasteiger partial charge in [-0.25, -0.2) is 0 Å². The number of nitrogens with one attached hydrogen (secondary N) is 2. The minimum atomic E-state index is -0.306. The maximum Gasteiger partial charge on any atom is 0.257 e. The van der Waals surface area contributed by atoms with Crippen LogP contribution in [0.25, 0.3) is 0 Å². The Morgan fingerprint density at radius 2 is 1.59 bits per heavy atom. The van der Waals surface area contributed by atoms with Gasteiger partial charge in [0.15, 0.2) is 11.5 Å². The van der Waals surface area contributed by atoms with E-state index in [0.29, 0.717) is 34.2 Å². The van der Waals surface area contributed by atoms with Crippen LogP contribution in [0.4, 0.5) is 17.1 Å². The first-order chi connectivity index (χ1) is 14.0. The van der Waals surface area contributed by atoms with Crippen LogP contribution in [-0.2, 0) is 0 Å². The van der Waals surface area contributed by atoms with Crippen LogP contribution in [0.15, 0.2) is 54.9 Å². The second-order valence-electron chi connectivity index (χ2n) is 6.32. The molecule has 29 heavy (non-hydrogen) atoms. The number of carbonyl (C=O) groups excluding carboxylic acids is 1. The minimum Gasteiger partial charge on any atom is -0.493 e. The predicted octanol–water partition coefficient (Wildman–Crippen LogP) is 4.41. The minimum absolute atomic E-state index is 0.306. The van der Waals surface area contributed by atoms with Crippen LogP contribution in [-0.4, -0.2) is 32.2 Å². The van der Waals surface area contributed by atoms with Gasteiger partial charge >= 0.3 is 0 Å². The summed E-state index contributed by atoms with van der Waals surface area (Å²) in [5, 5.41) is 6.09. The lowest BCUT2D eigenvalue weighted by Gasteiger charge is -2.15. The van der Waals surface area contributed by atoms with Crippen LogP contribution in [0.5, 0.6) is 17.2 Å². The molecule has 0 atom stereocenters. The van der Waals surface area contributed by atoms with Gasteiger partial charge in [-0.3, -0.25) is 9.78 Å². The number of nitrogens with zero attached hydrogens (tertiary/aromatic N) is 1. The van der Waals surface area contributed by atoms with E-state index < -0.39 is 0 Å². The summed E-state index contributed by atoms with van der Waals surface area (Å²) in [7, 11) is 4.57. The molecule has 0 radical (unpaired) electrons. The molecule has 2 N–H and O–H groups in total. The van der Waals surface area contributed by atoms with Crippen molar-refractivity contribution in [2.75, 3.05) is 32.0 Å². The fourth-order valence-electron chi connectivity index (χ4n) is 2.88. The quantitative estimate of drug-likeness (QED) is 0.619. The van der Waals surface area contributed by atoms with Crippen LogP contribution in [0.1, 0.15) is 15.9 Å². The van der Waals surface area contributed by atoms with E-state index in [0.717, 1.165) is 11.3 Å². The third kappa shape index (κ3) is 4.76. The average molecular weight is 393 g/mol. The van der Waals surface area contributed by atoms with E-state index >= 15 is 0 Å². The van der Waals surface area contributed by atoms with Gasteiger partial charge in [0.05, 0.1) is 38.8 Å². The van der Waals surface area contributed by atoms with Gasteiger partial charge in [0.25, 0.3) is 5.91 Å². The van der Waals surface area contributed by atoms with Gasteiger partial charge in [-0.2, -0.15) is 0 Å². The van der Waals surface area contributed by atoms with Crippen LogP contribution in [0.2, 0.25) is 0 Å². The van der Waals surface area contributed by atoms with E-state index in [2.05, 4.69) is 15.6 Å². The number of hydrogen-bond acceptors (Lipinski definition) is 6. The Bertz CT molecular complexity index is 995. The second-order valence-corrected chi connectivity index (χ2v) is 6.32. The molecule has 3 aromatic rings. The molecule has 7 heteroatoms. The molecular weight excluding hydrogens is 370 g/mol. The largest absolute Gasteiger partial charge is 0.493 e. The maximum atomic E-state index is 12.7. The lowest BCUT2D eigenvalue weighted by atomic mass is 10.2. The monoisotopic (exact) mass is 393 g/mol. The van der Waals surface area contributed by atoms with Gasteiger partial charge in [0.2, 0.25) is 5.75 Å². The highest BCUT2D eigenvalue weighted by atomic mass is 16.5. The standard InChI is InChI=1S/C22H23N3O4/c1-14-6-5-7-16(8-14)24-18-9-15(12-23-13-18)22(26)25-17-10-19(27-2)21(29-4)20(11-17)28-3/h5-13,24H,1-4H3,(H,25,26). The first-order valence-corrected chi connectivity index (χ1v) is 8.94. The number of anilines is 3. The number of carbonyl (C=O) groups is 1. The predicted molar refractivity (Wildman–Crippen MR) is 113 cm³/mol. The number of pyridine rings is 1. The smallest absolute Gasteiger partial charge is 0.257 e. The Morgan fingerprint density at radius 3 is 2.21 bits per heavy atom. The highest BCUT2D eigenvalue weighted by Crippen LogP contribution is 2.40. The molecule has 0 aliphatic carbocycles. The number of ether oxygens (including phenoxy) is 3. The Kier molecular flexibility index (Phi) is 6.19. The van der Waals surface area contributed by atoms with Crippen molar-refractivity contribution >= 4 is 23.0 Å². The summed E-state index contributed by atoms with van der Waals surface area (Å²) in [6, 6.07) is 13.0. The van der Waals surface area contributed by atoms with Crippen LogP contribution in [0.3, 0.4) is 0 Å². The number of aromatic nitrogens is 1. The van der Waals surface area contributed by atoms with Crippen molar-refractivity contribution in [3.8, 4) is 17.2 Å². The maximum absolute atomic E-state index is 12.7. The van der Waals surface area contributed by atoms with Crippen molar-refractivity contribution in [3.63, 3.8) is 0 Å². The topological polar surface area (TPSA) is 81.7 Å². The Hall–Kier alpha value is -3.74. The summed E-state index contributed by atoms with van der Waals surface area (Å²) in [6.07, 6.45) is 3.17. The van der Waals surface area contributed by atoms with E-state index in [-0.39, 0.29) is 5.91 Å². The van der Waals surface area contributed by atoms with Gasteiger partial charge in [-0.1, -0.05) is 12.1 Å². The summed E-state index contributed by atoms with van der Waals surface area (Å²) < 4.78 is 15.9. The van der Waals surface area contributed by atoms with Crippen molar-refractivity contribution in [1.29, 1.82) is 0 Å². The molecule has 0 spiro atoms. The zero-order valence-electron chi connectivity index (χ0n) is 16.8. The Morgan fingerprint density at radius 1 is 0.862 bits per heavy atom. The van der Waals surface area contributed by atoms with E-state index in [1.807, 2.05) is 31.2 Å². The molecule has 3 rings (SSSR count). The Balaban J connectivity index is 1.81.